The summed E-state index contributed by atoms with van der Waals surface area (Å²) in [4.78, 5) is 14.3. The van der Waals surface area contributed by atoms with Crippen LogP contribution in [0.1, 0.15) is 17.4 Å². The summed E-state index contributed by atoms with van der Waals surface area (Å²) in [5.74, 6) is -0.475. The van der Waals surface area contributed by atoms with Crippen molar-refractivity contribution in [2.24, 2.45) is 0 Å². The molecule has 0 bridgehead atoms. The van der Waals surface area contributed by atoms with Crippen LogP contribution >= 0.6 is 11.8 Å². The van der Waals surface area contributed by atoms with Gasteiger partial charge in [0.1, 0.15) is 5.69 Å². The van der Waals surface area contributed by atoms with Crippen LogP contribution in [0.15, 0.2) is 23.2 Å². The van der Waals surface area contributed by atoms with Crippen molar-refractivity contribution in [3.05, 3.63) is 24.0 Å². The summed E-state index contributed by atoms with van der Waals surface area (Å²) in [5.41, 5.74) is -4.54. The molecule has 0 spiro atoms. The molecular formula is C8H6F3NOS. The molecule has 14 heavy (non-hydrogen) atoms. The second-order valence-electron chi connectivity index (χ2n) is 2.45. The summed E-state index contributed by atoms with van der Waals surface area (Å²) in [6.45, 7) is 1.18. The Bertz CT molecular complexity index is 351. The highest BCUT2D eigenvalue weighted by Gasteiger charge is 2.31. The molecule has 0 aliphatic heterocycles. The Balaban J connectivity index is 3.02. The van der Waals surface area contributed by atoms with Crippen molar-refractivity contribution < 1.29 is 18.0 Å². The Morgan fingerprint density at radius 3 is 2.64 bits per heavy atom. The van der Waals surface area contributed by atoms with Gasteiger partial charge in [0.2, 0.25) is 0 Å². The summed E-state index contributed by atoms with van der Waals surface area (Å²) in [6, 6.07) is 2.59. The van der Waals surface area contributed by atoms with Gasteiger partial charge in [0.15, 0.2) is 5.78 Å². The minimum atomic E-state index is -4.40. The van der Waals surface area contributed by atoms with Crippen LogP contribution in [-0.4, -0.2) is 16.3 Å². The Labute approximate surface area is 82.5 Å². The second kappa shape index (κ2) is 4.00. The van der Waals surface area contributed by atoms with Crippen LogP contribution in [0.2, 0.25) is 0 Å². The van der Waals surface area contributed by atoms with E-state index >= 15 is 0 Å². The summed E-state index contributed by atoms with van der Waals surface area (Å²) >= 11 is -0.328. The molecule has 0 radical (unpaired) electrons. The highest BCUT2D eigenvalue weighted by atomic mass is 32.2. The summed E-state index contributed by atoms with van der Waals surface area (Å²) in [6.07, 6.45) is 1.29. The van der Waals surface area contributed by atoms with Gasteiger partial charge in [-0.15, -0.1) is 0 Å². The van der Waals surface area contributed by atoms with Crippen molar-refractivity contribution >= 4 is 17.5 Å². The third kappa shape index (κ3) is 3.02. The maximum Gasteiger partial charge on any atom is 0.446 e. The molecule has 0 amide bonds. The Morgan fingerprint density at radius 2 is 2.14 bits per heavy atom. The maximum atomic E-state index is 12.0. The third-order valence-corrected chi connectivity index (χ3v) is 2.11. The van der Waals surface area contributed by atoms with Gasteiger partial charge in [0, 0.05) is 18.0 Å². The first-order valence-electron chi connectivity index (χ1n) is 3.62. The molecule has 0 saturated heterocycles. The molecule has 1 rings (SSSR count). The Kier molecular flexibility index (Phi) is 3.15. The fourth-order valence-corrected chi connectivity index (χ4v) is 1.55. The molecule has 0 atom stereocenters. The van der Waals surface area contributed by atoms with Gasteiger partial charge >= 0.3 is 5.51 Å². The van der Waals surface area contributed by atoms with Gasteiger partial charge < -0.3 is 0 Å². The molecule has 1 aromatic heterocycles. The third-order valence-electron chi connectivity index (χ3n) is 1.33. The zero-order chi connectivity index (χ0) is 10.8. The first-order chi connectivity index (χ1) is 6.40. The number of hydrogen-bond donors (Lipinski definition) is 0. The van der Waals surface area contributed by atoms with Crippen molar-refractivity contribution in [2.45, 2.75) is 17.3 Å². The second-order valence-corrected chi connectivity index (χ2v) is 3.56. The highest BCUT2D eigenvalue weighted by Crippen LogP contribution is 2.37. The zero-order valence-corrected chi connectivity index (χ0v) is 7.95. The van der Waals surface area contributed by atoms with Gasteiger partial charge in [-0.05, 0) is 23.9 Å². The molecule has 0 aliphatic rings. The zero-order valence-electron chi connectivity index (χ0n) is 7.13. The van der Waals surface area contributed by atoms with Gasteiger partial charge in [-0.3, -0.25) is 9.78 Å². The van der Waals surface area contributed by atoms with Gasteiger partial charge in [0.05, 0.1) is 0 Å². The number of rotatable bonds is 2. The summed E-state index contributed by atoms with van der Waals surface area (Å²) in [5, 5.41) is 0. The number of halogens is 3. The van der Waals surface area contributed by atoms with Crippen LogP contribution < -0.4 is 0 Å². The number of pyridine rings is 1. The number of alkyl halides is 3. The predicted molar refractivity (Wildman–Crippen MR) is 46.2 cm³/mol. The molecule has 1 aromatic rings. The summed E-state index contributed by atoms with van der Waals surface area (Å²) < 4.78 is 36.0. The Hall–Kier alpha value is -1.04. The van der Waals surface area contributed by atoms with Crippen LogP contribution in [0, 0.1) is 0 Å². The minimum Gasteiger partial charge on any atom is -0.293 e. The standard InChI is InChI=1S/C8H6F3NOS/c1-5(13)7-6(3-2-4-12-7)14-8(9,10)11/h2-4H,1H3. The van der Waals surface area contributed by atoms with Crippen molar-refractivity contribution in [3.8, 4) is 0 Å². The minimum absolute atomic E-state index is 0.144. The van der Waals surface area contributed by atoms with E-state index < -0.39 is 11.3 Å². The first kappa shape index (κ1) is 11.0. The van der Waals surface area contributed by atoms with E-state index in [1.807, 2.05) is 0 Å². The summed E-state index contributed by atoms with van der Waals surface area (Å²) in [7, 11) is 0. The lowest BCUT2D eigenvalue weighted by Crippen LogP contribution is -2.04. The van der Waals surface area contributed by atoms with E-state index in [-0.39, 0.29) is 22.4 Å². The quantitative estimate of drug-likeness (QED) is 0.568. The Morgan fingerprint density at radius 1 is 1.50 bits per heavy atom. The molecule has 2 nitrogen and oxygen atoms in total. The van der Waals surface area contributed by atoms with E-state index in [4.69, 9.17) is 0 Å². The molecule has 0 unspecified atom stereocenters. The average Bonchev–Trinajstić information content (AvgIpc) is 2.01. The largest absolute Gasteiger partial charge is 0.446 e. The SMILES string of the molecule is CC(=O)c1ncccc1SC(F)(F)F. The lowest BCUT2D eigenvalue weighted by molar-refractivity contribution is -0.0328. The van der Waals surface area contributed by atoms with E-state index in [9.17, 15) is 18.0 Å². The number of thioether (sulfide) groups is 1. The molecule has 0 saturated carbocycles. The van der Waals surface area contributed by atoms with Crippen molar-refractivity contribution in [2.75, 3.05) is 0 Å². The lowest BCUT2D eigenvalue weighted by atomic mass is 10.3. The first-order valence-corrected chi connectivity index (χ1v) is 4.43. The van der Waals surface area contributed by atoms with E-state index in [2.05, 4.69) is 4.98 Å². The molecule has 0 aromatic carbocycles. The molecule has 6 heteroatoms. The molecule has 0 N–H and O–H groups in total. The van der Waals surface area contributed by atoms with Crippen LogP contribution in [0.25, 0.3) is 0 Å². The lowest BCUT2D eigenvalue weighted by Gasteiger charge is -2.07. The van der Waals surface area contributed by atoms with E-state index in [0.29, 0.717) is 0 Å². The van der Waals surface area contributed by atoms with Crippen LogP contribution in [0.4, 0.5) is 13.2 Å². The van der Waals surface area contributed by atoms with Gasteiger partial charge in [-0.1, -0.05) is 0 Å². The van der Waals surface area contributed by atoms with E-state index in [0.717, 1.165) is 0 Å². The monoisotopic (exact) mass is 221 g/mol. The smallest absolute Gasteiger partial charge is 0.293 e. The molecule has 0 aliphatic carbocycles. The maximum absolute atomic E-state index is 12.0. The molecule has 76 valence electrons. The average molecular weight is 221 g/mol. The normalized spacial score (nSPS) is 11.4. The van der Waals surface area contributed by atoms with Crippen LogP contribution in [0.5, 0.6) is 0 Å². The number of nitrogens with zero attached hydrogens (tertiary/aromatic N) is 1. The predicted octanol–water partition coefficient (Wildman–Crippen LogP) is 2.90. The van der Waals surface area contributed by atoms with Gasteiger partial charge in [-0.2, -0.15) is 13.2 Å². The number of aromatic nitrogens is 1. The number of hydrogen-bond acceptors (Lipinski definition) is 3. The van der Waals surface area contributed by atoms with E-state index in [1.54, 1.807) is 0 Å². The van der Waals surface area contributed by atoms with Crippen molar-refractivity contribution in [1.82, 2.24) is 4.98 Å². The molecule has 0 fully saturated rings. The van der Waals surface area contributed by atoms with Gasteiger partial charge in [-0.25, -0.2) is 0 Å². The number of carbonyl (C=O) groups excluding carboxylic acids is 1. The highest BCUT2D eigenvalue weighted by molar-refractivity contribution is 8.00. The molecular weight excluding hydrogens is 215 g/mol. The number of Topliss-reactive ketones (excluding diaryl/α,β-unsaturated/α-hetero) is 1. The fourth-order valence-electron chi connectivity index (χ4n) is 0.862. The van der Waals surface area contributed by atoms with Crippen molar-refractivity contribution in [1.29, 1.82) is 0 Å². The molecule has 1 heterocycles. The van der Waals surface area contributed by atoms with Crippen LogP contribution in [-0.2, 0) is 0 Å². The van der Waals surface area contributed by atoms with E-state index in [1.165, 1.54) is 25.3 Å². The number of ketones is 1. The van der Waals surface area contributed by atoms with Crippen molar-refractivity contribution in [3.63, 3.8) is 0 Å². The van der Waals surface area contributed by atoms with Gasteiger partial charge in [0.25, 0.3) is 0 Å². The number of carbonyl (C=O) groups is 1. The topological polar surface area (TPSA) is 30.0 Å². The fraction of sp³-hybridized carbons (Fsp3) is 0.250. The van der Waals surface area contributed by atoms with Crippen LogP contribution in [0.3, 0.4) is 0 Å².